The van der Waals surface area contributed by atoms with Gasteiger partial charge < -0.3 is 10.3 Å². The van der Waals surface area contributed by atoms with Gasteiger partial charge in [-0.25, -0.2) is 4.98 Å². The van der Waals surface area contributed by atoms with Gasteiger partial charge in [0, 0.05) is 29.9 Å². The van der Waals surface area contributed by atoms with Crippen LogP contribution in [0.25, 0.3) is 5.69 Å². The molecule has 0 saturated heterocycles. The number of aromatic nitrogens is 2. The maximum Gasteiger partial charge on any atom is 0.112 e. The summed E-state index contributed by atoms with van der Waals surface area (Å²) < 4.78 is 2.10. The molecule has 0 fully saturated rings. The van der Waals surface area contributed by atoms with E-state index in [1.165, 1.54) is 0 Å². The van der Waals surface area contributed by atoms with Crippen molar-refractivity contribution in [3.8, 4) is 5.69 Å². The molecule has 0 amide bonds. The Morgan fingerprint density at radius 2 is 2.16 bits per heavy atom. The van der Waals surface area contributed by atoms with Crippen LogP contribution in [-0.2, 0) is 12.8 Å². The molecule has 0 radical (unpaired) electrons. The third-order valence-corrected chi connectivity index (χ3v) is 3.73. The monoisotopic (exact) mass is 277 g/mol. The number of nitrogens with zero attached hydrogens (tertiary/aromatic N) is 2. The molecule has 1 aromatic carbocycles. The molecule has 1 heterocycles. The van der Waals surface area contributed by atoms with Gasteiger partial charge in [0.05, 0.1) is 5.69 Å². The topological polar surface area (TPSA) is 43.8 Å². The van der Waals surface area contributed by atoms with E-state index in [4.69, 9.17) is 17.3 Å². The third-order valence-electron chi connectivity index (χ3n) is 3.38. The number of aryl methyl sites for hydroxylation is 1. The van der Waals surface area contributed by atoms with Crippen LogP contribution in [-0.4, -0.2) is 15.6 Å². The number of imidazole rings is 1. The lowest BCUT2D eigenvalue weighted by molar-refractivity contribution is 0.644. The Balaban J connectivity index is 2.48. The molecule has 2 aromatic rings. The zero-order chi connectivity index (χ0) is 13.8. The summed E-state index contributed by atoms with van der Waals surface area (Å²) in [4.78, 5) is 4.37. The quantitative estimate of drug-likeness (QED) is 0.911. The largest absolute Gasteiger partial charge is 0.327 e. The van der Waals surface area contributed by atoms with Gasteiger partial charge in [0.15, 0.2) is 0 Å². The maximum atomic E-state index is 6.35. The van der Waals surface area contributed by atoms with Crippen LogP contribution in [0.2, 0.25) is 5.02 Å². The van der Waals surface area contributed by atoms with Crippen molar-refractivity contribution in [3.05, 3.63) is 47.0 Å². The number of nitrogens with two attached hydrogens (primary N) is 1. The highest BCUT2D eigenvalue weighted by Gasteiger charge is 2.13. The normalized spacial score (nSPS) is 12.6. The lowest BCUT2D eigenvalue weighted by atomic mass is 10.0. The first-order chi connectivity index (χ1) is 9.17. The second-order valence-electron chi connectivity index (χ2n) is 4.68. The van der Waals surface area contributed by atoms with E-state index in [2.05, 4.69) is 29.5 Å². The number of rotatable bonds is 5. The maximum absolute atomic E-state index is 6.35. The Bertz CT molecular complexity index is 548. The van der Waals surface area contributed by atoms with Gasteiger partial charge in [0.25, 0.3) is 0 Å². The second-order valence-corrected chi connectivity index (χ2v) is 5.08. The summed E-state index contributed by atoms with van der Waals surface area (Å²) in [5, 5.41) is 0.775. The fraction of sp³-hybridized carbons (Fsp3) is 0.400. The van der Waals surface area contributed by atoms with Gasteiger partial charge in [-0.05, 0) is 30.5 Å². The molecular formula is C15H20ClN3. The molecule has 3 nitrogen and oxygen atoms in total. The van der Waals surface area contributed by atoms with Crippen molar-refractivity contribution in [1.29, 1.82) is 0 Å². The third kappa shape index (κ3) is 2.99. The van der Waals surface area contributed by atoms with Crippen LogP contribution < -0.4 is 5.73 Å². The Morgan fingerprint density at radius 3 is 2.84 bits per heavy atom. The van der Waals surface area contributed by atoms with Crippen molar-refractivity contribution in [2.75, 3.05) is 0 Å². The van der Waals surface area contributed by atoms with Crippen LogP contribution >= 0.6 is 11.6 Å². The lowest BCUT2D eigenvalue weighted by Gasteiger charge is -2.17. The average molecular weight is 278 g/mol. The first-order valence-electron chi connectivity index (χ1n) is 6.72. The average Bonchev–Trinajstić information content (AvgIpc) is 2.89. The first-order valence-corrected chi connectivity index (χ1v) is 7.10. The van der Waals surface area contributed by atoms with Crippen molar-refractivity contribution in [2.45, 2.75) is 39.2 Å². The van der Waals surface area contributed by atoms with Crippen molar-refractivity contribution in [3.63, 3.8) is 0 Å². The summed E-state index contributed by atoms with van der Waals surface area (Å²) in [7, 11) is 0. The van der Waals surface area contributed by atoms with Crippen molar-refractivity contribution < 1.29 is 0 Å². The van der Waals surface area contributed by atoms with Crippen molar-refractivity contribution in [2.24, 2.45) is 5.73 Å². The van der Waals surface area contributed by atoms with E-state index >= 15 is 0 Å². The van der Waals surface area contributed by atoms with E-state index in [1.54, 1.807) is 0 Å². The molecule has 2 N–H and O–H groups in total. The molecule has 0 bridgehead atoms. The zero-order valence-corrected chi connectivity index (χ0v) is 12.2. The number of hydrogen-bond donors (Lipinski definition) is 1. The highest BCUT2D eigenvalue weighted by Crippen LogP contribution is 2.26. The van der Waals surface area contributed by atoms with Crippen LogP contribution in [0.1, 0.15) is 31.7 Å². The Kier molecular flexibility index (Phi) is 4.61. The van der Waals surface area contributed by atoms with Gasteiger partial charge in [-0.2, -0.15) is 0 Å². The highest BCUT2D eigenvalue weighted by molar-refractivity contribution is 6.31. The predicted octanol–water partition coefficient (Wildman–Crippen LogP) is 3.37. The Hall–Kier alpha value is -1.32. The molecule has 4 heteroatoms. The van der Waals surface area contributed by atoms with Gasteiger partial charge in [-0.3, -0.25) is 0 Å². The smallest absolute Gasteiger partial charge is 0.112 e. The molecule has 0 spiro atoms. The molecule has 1 atom stereocenters. The molecule has 0 aliphatic carbocycles. The number of hydrogen-bond acceptors (Lipinski definition) is 2. The first kappa shape index (κ1) is 14.1. The summed E-state index contributed by atoms with van der Waals surface area (Å²) in [6.07, 6.45) is 6.41. The number of benzene rings is 1. The van der Waals surface area contributed by atoms with Crippen molar-refractivity contribution >= 4 is 11.6 Å². The molecule has 102 valence electrons. The van der Waals surface area contributed by atoms with E-state index in [1.807, 2.05) is 24.5 Å². The van der Waals surface area contributed by atoms with E-state index in [9.17, 15) is 0 Å². The van der Waals surface area contributed by atoms with Crippen molar-refractivity contribution in [1.82, 2.24) is 9.55 Å². The van der Waals surface area contributed by atoms with E-state index in [0.717, 1.165) is 41.4 Å². The van der Waals surface area contributed by atoms with Gasteiger partial charge in [0.2, 0.25) is 0 Å². The highest BCUT2D eigenvalue weighted by atomic mass is 35.5. The van der Waals surface area contributed by atoms with Crippen LogP contribution in [0.4, 0.5) is 0 Å². The molecule has 0 aliphatic rings. The van der Waals surface area contributed by atoms with Crippen LogP contribution in [0.5, 0.6) is 0 Å². The predicted molar refractivity (Wildman–Crippen MR) is 79.9 cm³/mol. The minimum atomic E-state index is 0.132. The van der Waals surface area contributed by atoms with E-state index in [0.29, 0.717) is 0 Å². The van der Waals surface area contributed by atoms with Crippen LogP contribution in [0.15, 0.2) is 30.6 Å². The van der Waals surface area contributed by atoms with Gasteiger partial charge in [-0.15, -0.1) is 0 Å². The summed E-state index contributed by atoms with van der Waals surface area (Å²) in [6, 6.07) is 6.10. The minimum Gasteiger partial charge on any atom is -0.327 e. The molecular weight excluding hydrogens is 258 g/mol. The molecule has 19 heavy (non-hydrogen) atoms. The fourth-order valence-corrected chi connectivity index (χ4v) is 2.44. The molecule has 1 unspecified atom stereocenters. The van der Waals surface area contributed by atoms with E-state index in [-0.39, 0.29) is 6.04 Å². The summed E-state index contributed by atoms with van der Waals surface area (Å²) in [5.41, 5.74) is 8.27. The summed E-state index contributed by atoms with van der Waals surface area (Å²) >= 11 is 6.35. The molecule has 0 aliphatic heterocycles. The standard InChI is InChI=1S/C15H20ClN3/c1-3-11(17)10-12-13(16)6-5-7-14(12)19-9-8-18-15(19)4-2/h5-9,11H,3-4,10,17H2,1-2H3. The Morgan fingerprint density at radius 1 is 1.37 bits per heavy atom. The second kappa shape index (κ2) is 6.22. The molecule has 2 rings (SSSR count). The summed E-state index contributed by atoms with van der Waals surface area (Å²) in [5.74, 6) is 1.04. The minimum absolute atomic E-state index is 0.132. The van der Waals surface area contributed by atoms with Gasteiger partial charge >= 0.3 is 0 Å². The molecule has 0 saturated carbocycles. The van der Waals surface area contributed by atoms with Crippen LogP contribution in [0, 0.1) is 0 Å². The number of halogens is 1. The Labute approximate surface area is 119 Å². The van der Waals surface area contributed by atoms with Gasteiger partial charge in [0.1, 0.15) is 5.82 Å². The zero-order valence-electron chi connectivity index (χ0n) is 11.4. The summed E-state index contributed by atoms with van der Waals surface area (Å²) in [6.45, 7) is 4.19. The lowest BCUT2D eigenvalue weighted by Crippen LogP contribution is -2.22. The van der Waals surface area contributed by atoms with Gasteiger partial charge in [-0.1, -0.05) is 31.5 Å². The molecule has 1 aromatic heterocycles. The van der Waals surface area contributed by atoms with E-state index < -0.39 is 0 Å². The fourth-order valence-electron chi connectivity index (χ4n) is 2.20. The SMILES string of the molecule is CCc1nccn1-c1cccc(Cl)c1CC(N)CC. The van der Waals surface area contributed by atoms with Crippen LogP contribution in [0.3, 0.4) is 0 Å².